The van der Waals surface area contributed by atoms with E-state index in [-0.39, 0.29) is 17.4 Å². The zero-order valence-corrected chi connectivity index (χ0v) is 4.91. The maximum atomic E-state index is 8.98. The summed E-state index contributed by atoms with van der Waals surface area (Å²) in [5, 5.41) is 0. The van der Waals surface area contributed by atoms with Crippen LogP contribution in [0.25, 0.3) is 0 Å². The van der Waals surface area contributed by atoms with Crippen LogP contribution in [0.4, 0.5) is 4.79 Å². The first kappa shape index (κ1) is 9.24. The third-order valence-corrected chi connectivity index (χ3v) is 0. The van der Waals surface area contributed by atoms with Gasteiger partial charge in [0.15, 0.2) is 0 Å². The van der Waals surface area contributed by atoms with Crippen molar-refractivity contribution in [2.24, 2.45) is 0 Å². The molecule has 0 aromatic carbocycles. The van der Waals surface area contributed by atoms with Gasteiger partial charge in [0, 0.05) is 0 Å². The van der Waals surface area contributed by atoms with Crippen LogP contribution in [0.5, 0.6) is 0 Å². The van der Waals surface area contributed by atoms with Crippen LogP contribution < -0.4 is 0 Å². The van der Waals surface area contributed by atoms with E-state index in [1.165, 1.54) is 0 Å². The van der Waals surface area contributed by atoms with Gasteiger partial charge in [-0.25, -0.2) is 0 Å². The molecule has 1 nitrogen and oxygen atoms in total. The molecule has 0 aromatic heterocycles. The van der Waals surface area contributed by atoms with E-state index in [0.717, 1.165) is 0 Å². The average Bonchev–Trinajstić information content (AvgIpc) is 0.811. The molecule has 0 saturated heterocycles. The molecule has 0 aliphatic carbocycles. The van der Waals surface area contributed by atoms with E-state index >= 15 is 0 Å². The maximum Gasteiger partial charge on any atom is 3.00 e. The van der Waals surface area contributed by atoms with E-state index in [1.54, 1.807) is 0 Å². The Balaban J connectivity index is 0. The Morgan fingerprint density at radius 2 is 1.40 bits per heavy atom. The molecule has 4 heteroatoms. The topological polar surface area (TPSA) is 17.1 Å². The number of hydrogen-bond donors (Lipinski definition) is 0. The molecule has 0 aliphatic heterocycles. The molecule has 0 aromatic rings. The minimum atomic E-state index is -0.889. The van der Waals surface area contributed by atoms with Gasteiger partial charge in [-0.3, -0.25) is 4.79 Å². The van der Waals surface area contributed by atoms with Gasteiger partial charge in [-0.05, 0) is 23.2 Å². The van der Waals surface area contributed by atoms with Crippen molar-refractivity contribution in [3.05, 3.63) is 0 Å². The van der Waals surface area contributed by atoms with E-state index in [2.05, 4.69) is 23.2 Å². The van der Waals surface area contributed by atoms with Crippen molar-refractivity contribution in [2.45, 2.75) is 0 Å². The van der Waals surface area contributed by atoms with Crippen molar-refractivity contribution >= 4 is 45.3 Å². The van der Waals surface area contributed by atoms with Crippen LogP contribution in [0.15, 0.2) is 0 Å². The van der Waals surface area contributed by atoms with Crippen molar-refractivity contribution in [1.82, 2.24) is 0 Å². The van der Waals surface area contributed by atoms with Crippen LogP contribution in [-0.2, 0) is 0 Å². The van der Waals surface area contributed by atoms with Crippen molar-refractivity contribution < 1.29 is 4.79 Å². The number of halogens is 2. The fourth-order valence-corrected chi connectivity index (χ4v) is 0. The number of rotatable bonds is 0. The Labute approximate surface area is 50.4 Å². The molecule has 0 atom stereocenters. The monoisotopic (exact) mass is 125 g/mol. The van der Waals surface area contributed by atoms with Gasteiger partial charge in [0.2, 0.25) is 0 Å². The normalized spacial score (nSPS) is 5.20. The fraction of sp³-hybridized carbons (Fsp3) is 0. The van der Waals surface area contributed by atoms with Crippen LogP contribution in [-0.4, -0.2) is 22.1 Å². The maximum absolute atomic E-state index is 8.98. The predicted molar refractivity (Wildman–Crippen MR) is 22.9 cm³/mol. The summed E-state index contributed by atoms with van der Waals surface area (Å²) in [7, 11) is 0. The second-order valence-corrected chi connectivity index (χ2v) is 1.11. The van der Waals surface area contributed by atoms with Crippen LogP contribution in [0.1, 0.15) is 0 Å². The third-order valence-electron chi connectivity index (χ3n) is 0. The molecule has 24 valence electrons. The predicted octanol–water partition coefficient (Wildman–Crippen LogP) is 1.20. The number of carbonyl (C=O) groups is 1. The first-order valence-electron chi connectivity index (χ1n) is 0.582. The molecule has 0 aliphatic rings. The Hall–Kier alpha value is 0.782. The summed E-state index contributed by atoms with van der Waals surface area (Å²) < 4.78 is -0.889. The Bertz CT molecular complexity index is 32.6. The summed E-state index contributed by atoms with van der Waals surface area (Å²) in [6, 6.07) is 0. The minimum absolute atomic E-state index is 0. The standard InChI is InChI=1S/CCl2O.Al/c2-1(3)4;/q;+3. The zero-order chi connectivity index (χ0) is 3.58. The molecular weight excluding hydrogens is 126 g/mol. The summed E-state index contributed by atoms with van der Waals surface area (Å²) in [6.07, 6.45) is 0. The van der Waals surface area contributed by atoms with E-state index in [9.17, 15) is 0 Å². The molecule has 0 fully saturated rings. The molecule has 0 heterocycles. The second kappa shape index (κ2) is 4.78. The molecule has 0 amide bonds. The third kappa shape index (κ3) is 60.5. The van der Waals surface area contributed by atoms with Crippen molar-refractivity contribution in [2.75, 3.05) is 0 Å². The second-order valence-electron chi connectivity index (χ2n) is 0.226. The summed E-state index contributed by atoms with van der Waals surface area (Å²) in [5.74, 6) is 0. The Morgan fingerprint density at radius 1 is 1.40 bits per heavy atom. The number of carbonyl (C=O) groups excluding carboxylic acids is 1. The van der Waals surface area contributed by atoms with E-state index < -0.39 is 4.70 Å². The van der Waals surface area contributed by atoms with Crippen LogP contribution >= 0.6 is 23.2 Å². The summed E-state index contributed by atoms with van der Waals surface area (Å²) in [5.41, 5.74) is 0. The quantitative estimate of drug-likeness (QED) is 0.352. The van der Waals surface area contributed by atoms with Crippen LogP contribution in [0.2, 0.25) is 0 Å². The molecule has 0 saturated carbocycles. The van der Waals surface area contributed by atoms with Gasteiger partial charge in [-0.1, -0.05) is 0 Å². The Morgan fingerprint density at radius 3 is 1.40 bits per heavy atom. The largest absolute Gasteiger partial charge is 3.00 e. The van der Waals surface area contributed by atoms with Gasteiger partial charge in [0.05, 0.1) is 0 Å². The minimum Gasteiger partial charge on any atom is -0.262 e. The fourth-order valence-electron chi connectivity index (χ4n) is 0. The molecule has 0 rings (SSSR count). The molecular formula is CAlCl2O+3. The van der Waals surface area contributed by atoms with Gasteiger partial charge in [0.25, 0.3) is 0 Å². The van der Waals surface area contributed by atoms with Gasteiger partial charge in [-0.15, -0.1) is 0 Å². The molecule has 0 radical (unpaired) electrons. The Kier molecular flexibility index (Phi) is 8.84. The van der Waals surface area contributed by atoms with E-state index in [1.807, 2.05) is 0 Å². The van der Waals surface area contributed by atoms with Crippen LogP contribution in [0, 0.1) is 0 Å². The number of hydrogen-bond acceptors (Lipinski definition) is 1. The van der Waals surface area contributed by atoms with E-state index in [0.29, 0.717) is 0 Å². The van der Waals surface area contributed by atoms with Crippen molar-refractivity contribution in [3.63, 3.8) is 0 Å². The molecule has 0 spiro atoms. The SMILES string of the molecule is O=C(Cl)Cl.[Al+3]. The van der Waals surface area contributed by atoms with Gasteiger partial charge >= 0.3 is 22.1 Å². The zero-order valence-electron chi connectivity index (χ0n) is 2.24. The van der Waals surface area contributed by atoms with Crippen molar-refractivity contribution in [3.8, 4) is 0 Å². The smallest absolute Gasteiger partial charge is 0.262 e. The summed E-state index contributed by atoms with van der Waals surface area (Å²) in [6.45, 7) is 0. The molecule has 5 heavy (non-hydrogen) atoms. The molecule has 0 N–H and O–H groups in total. The van der Waals surface area contributed by atoms with Gasteiger partial charge < -0.3 is 0 Å². The molecule has 0 unspecified atom stereocenters. The average molecular weight is 126 g/mol. The van der Waals surface area contributed by atoms with Gasteiger partial charge in [0.1, 0.15) is 0 Å². The summed E-state index contributed by atoms with van der Waals surface area (Å²) in [4.78, 5) is 8.98. The first-order valence-corrected chi connectivity index (χ1v) is 1.34. The van der Waals surface area contributed by atoms with E-state index in [4.69, 9.17) is 4.79 Å². The first-order chi connectivity index (χ1) is 1.73. The van der Waals surface area contributed by atoms with Crippen LogP contribution in [0.3, 0.4) is 0 Å². The summed E-state index contributed by atoms with van der Waals surface area (Å²) >= 11 is 8.80. The van der Waals surface area contributed by atoms with Crippen molar-refractivity contribution in [1.29, 1.82) is 0 Å². The van der Waals surface area contributed by atoms with Gasteiger partial charge in [-0.2, -0.15) is 0 Å². The molecule has 0 bridgehead atoms.